The molecule has 0 spiro atoms. The van der Waals surface area contributed by atoms with Gasteiger partial charge in [-0.3, -0.25) is 4.79 Å². The Kier molecular flexibility index (Phi) is 3.73. The van der Waals surface area contributed by atoms with Crippen molar-refractivity contribution in [2.45, 2.75) is 24.5 Å². The number of nitrogens with zero attached hydrogens (tertiary/aromatic N) is 2. The van der Waals surface area contributed by atoms with Crippen molar-refractivity contribution in [3.05, 3.63) is 47.1 Å². The summed E-state index contributed by atoms with van der Waals surface area (Å²) < 4.78 is 5.20. The van der Waals surface area contributed by atoms with Crippen LogP contribution in [0, 0.1) is 0 Å². The molecule has 0 amide bonds. The van der Waals surface area contributed by atoms with Gasteiger partial charge in [0.15, 0.2) is 5.82 Å². The summed E-state index contributed by atoms with van der Waals surface area (Å²) in [5.41, 5.74) is 2.63. The predicted octanol–water partition coefficient (Wildman–Crippen LogP) is 2.47. The highest BCUT2D eigenvalue weighted by Gasteiger charge is 2.27. The monoisotopic (exact) mass is 290 g/mol. The molecule has 1 aromatic heterocycles. The van der Waals surface area contributed by atoms with Crippen LogP contribution in [0.5, 0.6) is 0 Å². The Balaban J connectivity index is 1.70. The van der Waals surface area contributed by atoms with Gasteiger partial charge in [0.25, 0.3) is 0 Å². The number of carboxylic acids is 1. The quantitative estimate of drug-likeness (QED) is 0.911. The van der Waals surface area contributed by atoms with Crippen molar-refractivity contribution < 1.29 is 14.4 Å². The first kappa shape index (κ1) is 13.2. The predicted molar refractivity (Wildman–Crippen MR) is 74.7 cm³/mol. The lowest BCUT2D eigenvalue weighted by atomic mass is 10.0. The lowest BCUT2D eigenvalue weighted by Gasteiger charge is -2.05. The van der Waals surface area contributed by atoms with Gasteiger partial charge >= 0.3 is 5.97 Å². The van der Waals surface area contributed by atoms with Gasteiger partial charge in [-0.25, -0.2) is 0 Å². The number of carbonyl (C=O) groups is 1. The minimum absolute atomic E-state index is 0.0456. The second-order valence-electron chi connectivity index (χ2n) is 4.72. The molecule has 1 heterocycles. The van der Waals surface area contributed by atoms with Gasteiger partial charge in [0.1, 0.15) is 0 Å². The molecular formula is C14H14N2O3S. The van der Waals surface area contributed by atoms with Crippen molar-refractivity contribution in [2.24, 2.45) is 0 Å². The standard InChI is InChI=1S/C14H14N2O3S/c17-13(18)8-20-7-12-15-14(16-19-12)11-6-5-9-3-1-2-4-10(9)11/h1-4,11H,5-8H2,(H,17,18). The molecule has 0 fully saturated rings. The number of aliphatic carboxylic acids is 1. The number of aromatic nitrogens is 2. The third-order valence-corrected chi connectivity index (χ3v) is 4.28. The van der Waals surface area contributed by atoms with Crippen LogP contribution >= 0.6 is 11.8 Å². The number of fused-ring (bicyclic) bond motifs is 1. The van der Waals surface area contributed by atoms with Gasteiger partial charge in [0, 0.05) is 5.92 Å². The molecule has 0 aliphatic heterocycles. The van der Waals surface area contributed by atoms with Crippen LogP contribution in [0.25, 0.3) is 0 Å². The summed E-state index contributed by atoms with van der Waals surface area (Å²) in [4.78, 5) is 14.9. The smallest absolute Gasteiger partial charge is 0.313 e. The first-order valence-corrected chi connectivity index (χ1v) is 7.59. The minimum atomic E-state index is -0.834. The topological polar surface area (TPSA) is 76.2 Å². The Hall–Kier alpha value is -1.82. The zero-order chi connectivity index (χ0) is 13.9. The van der Waals surface area contributed by atoms with Gasteiger partial charge in [-0.2, -0.15) is 4.98 Å². The summed E-state index contributed by atoms with van der Waals surface area (Å²) >= 11 is 1.26. The zero-order valence-corrected chi connectivity index (χ0v) is 11.6. The maximum Gasteiger partial charge on any atom is 0.313 e. The van der Waals surface area contributed by atoms with Crippen molar-refractivity contribution in [3.8, 4) is 0 Å². The molecule has 3 rings (SSSR count). The second kappa shape index (κ2) is 5.66. The van der Waals surface area contributed by atoms with E-state index >= 15 is 0 Å². The van der Waals surface area contributed by atoms with Gasteiger partial charge in [0.05, 0.1) is 11.5 Å². The van der Waals surface area contributed by atoms with Gasteiger partial charge in [-0.05, 0) is 24.0 Å². The number of hydrogen-bond donors (Lipinski definition) is 1. The highest BCUT2D eigenvalue weighted by Crippen LogP contribution is 2.36. The fraction of sp³-hybridized carbons (Fsp3) is 0.357. The summed E-state index contributed by atoms with van der Waals surface area (Å²) in [6.07, 6.45) is 2.04. The molecule has 0 radical (unpaired) electrons. The molecule has 1 atom stereocenters. The summed E-state index contributed by atoms with van der Waals surface area (Å²) in [6, 6.07) is 8.33. The van der Waals surface area contributed by atoms with Crippen molar-refractivity contribution in [1.82, 2.24) is 10.1 Å². The van der Waals surface area contributed by atoms with Crippen LogP contribution in [0.1, 0.15) is 35.2 Å². The number of rotatable bonds is 5. The number of benzene rings is 1. The number of carboxylic acid groups (broad SMARTS) is 1. The van der Waals surface area contributed by atoms with E-state index in [0.29, 0.717) is 17.5 Å². The average Bonchev–Trinajstić information content (AvgIpc) is 3.04. The molecule has 5 nitrogen and oxygen atoms in total. The largest absolute Gasteiger partial charge is 0.481 e. The summed E-state index contributed by atoms with van der Waals surface area (Å²) in [5.74, 6) is 1.06. The molecule has 1 aliphatic carbocycles. The SMILES string of the molecule is O=C(O)CSCc1nc(C2CCc3ccccc32)no1. The maximum absolute atomic E-state index is 10.5. The molecule has 1 unspecified atom stereocenters. The molecule has 1 N–H and O–H groups in total. The third-order valence-electron chi connectivity index (χ3n) is 3.38. The summed E-state index contributed by atoms with van der Waals surface area (Å²) in [5, 5.41) is 12.6. The van der Waals surface area contributed by atoms with Crippen molar-refractivity contribution in [2.75, 3.05) is 5.75 Å². The molecule has 20 heavy (non-hydrogen) atoms. The van der Waals surface area contributed by atoms with E-state index in [9.17, 15) is 4.79 Å². The van der Waals surface area contributed by atoms with E-state index in [-0.39, 0.29) is 11.7 Å². The first-order valence-electron chi connectivity index (χ1n) is 6.44. The molecule has 0 saturated heterocycles. The normalized spacial score (nSPS) is 17.1. The Morgan fingerprint density at radius 1 is 1.45 bits per heavy atom. The van der Waals surface area contributed by atoms with E-state index in [1.54, 1.807) is 0 Å². The number of aryl methyl sites for hydroxylation is 1. The molecule has 2 aromatic rings. The molecule has 1 aromatic carbocycles. The van der Waals surface area contributed by atoms with Crippen LogP contribution in [-0.4, -0.2) is 27.0 Å². The Labute approximate surface area is 120 Å². The van der Waals surface area contributed by atoms with E-state index in [2.05, 4.69) is 22.3 Å². The highest BCUT2D eigenvalue weighted by atomic mass is 32.2. The molecule has 0 saturated carbocycles. The van der Waals surface area contributed by atoms with E-state index < -0.39 is 5.97 Å². The van der Waals surface area contributed by atoms with E-state index in [1.165, 1.54) is 22.9 Å². The van der Waals surface area contributed by atoms with E-state index in [4.69, 9.17) is 9.63 Å². The average molecular weight is 290 g/mol. The van der Waals surface area contributed by atoms with E-state index in [0.717, 1.165) is 12.8 Å². The third kappa shape index (κ3) is 2.70. The zero-order valence-electron chi connectivity index (χ0n) is 10.8. The Morgan fingerprint density at radius 3 is 3.15 bits per heavy atom. The summed E-state index contributed by atoms with van der Waals surface area (Å²) in [7, 11) is 0. The lowest BCUT2D eigenvalue weighted by Crippen LogP contribution is -2.00. The molecule has 104 valence electrons. The fourth-order valence-electron chi connectivity index (χ4n) is 2.52. The van der Waals surface area contributed by atoms with E-state index in [1.807, 2.05) is 12.1 Å². The number of thioether (sulfide) groups is 1. The maximum atomic E-state index is 10.5. The van der Waals surface area contributed by atoms with Crippen LogP contribution in [0.4, 0.5) is 0 Å². The first-order chi connectivity index (χ1) is 9.74. The molecule has 0 bridgehead atoms. The van der Waals surface area contributed by atoms with Gasteiger partial charge in [-0.15, -0.1) is 11.8 Å². The molecular weight excluding hydrogens is 276 g/mol. The number of hydrogen-bond acceptors (Lipinski definition) is 5. The van der Waals surface area contributed by atoms with Gasteiger partial charge in [0.2, 0.25) is 5.89 Å². The van der Waals surface area contributed by atoms with Crippen LogP contribution in [-0.2, 0) is 17.0 Å². The van der Waals surface area contributed by atoms with Gasteiger partial charge < -0.3 is 9.63 Å². The minimum Gasteiger partial charge on any atom is -0.481 e. The lowest BCUT2D eigenvalue weighted by molar-refractivity contribution is -0.133. The van der Waals surface area contributed by atoms with Gasteiger partial charge in [-0.1, -0.05) is 29.4 Å². The molecule has 1 aliphatic rings. The second-order valence-corrected chi connectivity index (χ2v) is 5.71. The van der Waals surface area contributed by atoms with Crippen LogP contribution < -0.4 is 0 Å². The highest BCUT2D eigenvalue weighted by molar-refractivity contribution is 7.99. The Morgan fingerprint density at radius 2 is 2.30 bits per heavy atom. The Bertz CT molecular complexity index is 626. The van der Waals surface area contributed by atoms with Crippen molar-refractivity contribution in [3.63, 3.8) is 0 Å². The van der Waals surface area contributed by atoms with Crippen LogP contribution in [0.2, 0.25) is 0 Å². The van der Waals surface area contributed by atoms with Crippen molar-refractivity contribution >= 4 is 17.7 Å². The van der Waals surface area contributed by atoms with Crippen LogP contribution in [0.3, 0.4) is 0 Å². The molecule has 6 heteroatoms. The summed E-state index contributed by atoms with van der Waals surface area (Å²) in [6.45, 7) is 0. The van der Waals surface area contributed by atoms with Crippen molar-refractivity contribution in [1.29, 1.82) is 0 Å². The van der Waals surface area contributed by atoms with Crippen LogP contribution in [0.15, 0.2) is 28.8 Å². The fourth-order valence-corrected chi connectivity index (χ4v) is 3.09.